The van der Waals surface area contributed by atoms with E-state index in [-0.39, 0.29) is 5.82 Å². The summed E-state index contributed by atoms with van der Waals surface area (Å²) in [6.45, 7) is 0.518. The lowest BCUT2D eigenvalue weighted by Gasteiger charge is -2.08. The topological polar surface area (TPSA) is 35.8 Å². The Morgan fingerprint density at radius 1 is 1.17 bits per heavy atom. The molecule has 0 atom stereocenters. The van der Waals surface area contributed by atoms with Crippen LogP contribution in [0.25, 0.3) is 0 Å². The van der Waals surface area contributed by atoms with Crippen LogP contribution in [0.4, 0.5) is 10.1 Å². The molecular formula is C14H10BrFN2. The van der Waals surface area contributed by atoms with Crippen LogP contribution in [-0.2, 0) is 6.54 Å². The van der Waals surface area contributed by atoms with Crippen LogP contribution in [0.1, 0.15) is 11.1 Å². The lowest BCUT2D eigenvalue weighted by Crippen LogP contribution is -2.01. The van der Waals surface area contributed by atoms with Crippen LogP contribution >= 0.6 is 15.9 Å². The van der Waals surface area contributed by atoms with Gasteiger partial charge in [-0.05, 0) is 51.8 Å². The zero-order chi connectivity index (χ0) is 13.0. The van der Waals surface area contributed by atoms with Crippen molar-refractivity contribution in [3.05, 3.63) is 63.9 Å². The molecule has 90 valence electrons. The third-order valence-corrected chi connectivity index (χ3v) is 3.42. The standard InChI is InChI=1S/C14H10BrFN2/c15-14-11(2-1-3-13(14)16)9-18-12-6-4-10(8-17)5-7-12/h1-7,18H,9H2. The highest BCUT2D eigenvalue weighted by Gasteiger charge is 2.04. The molecule has 1 N–H and O–H groups in total. The number of nitriles is 1. The zero-order valence-electron chi connectivity index (χ0n) is 9.45. The number of hydrogen-bond acceptors (Lipinski definition) is 2. The van der Waals surface area contributed by atoms with E-state index in [2.05, 4.69) is 27.3 Å². The molecule has 0 saturated heterocycles. The van der Waals surface area contributed by atoms with Crippen LogP contribution in [0, 0.1) is 17.1 Å². The number of halogens is 2. The summed E-state index contributed by atoms with van der Waals surface area (Å²) in [5.41, 5.74) is 2.36. The molecule has 0 fully saturated rings. The van der Waals surface area contributed by atoms with Crippen LogP contribution in [0.5, 0.6) is 0 Å². The highest BCUT2D eigenvalue weighted by molar-refractivity contribution is 9.10. The number of nitrogens with zero attached hydrogens (tertiary/aromatic N) is 1. The predicted molar refractivity (Wildman–Crippen MR) is 72.6 cm³/mol. The first-order chi connectivity index (χ1) is 8.70. The van der Waals surface area contributed by atoms with E-state index in [0.29, 0.717) is 16.6 Å². The second kappa shape index (κ2) is 5.65. The summed E-state index contributed by atoms with van der Waals surface area (Å²) >= 11 is 3.22. The molecule has 4 heteroatoms. The Hall–Kier alpha value is -1.86. The molecule has 0 aliphatic heterocycles. The van der Waals surface area contributed by atoms with E-state index in [4.69, 9.17) is 5.26 Å². The maximum atomic E-state index is 13.3. The number of anilines is 1. The van der Waals surface area contributed by atoms with Crippen molar-refractivity contribution in [1.82, 2.24) is 0 Å². The molecule has 0 spiro atoms. The normalized spacial score (nSPS) is 9.83. The summed E-state index contributed by atoms with van der Waals surface area (Å²) in [5, 5.41) is 11.9. The fourth-order valence-electron chi connectivity index (χ4n) is 1.54. The first-order valence-corrected chi connectivity index (χ1v) is 6.17. The Morgan fingerprint density at radius 3 is 2.56 bits per heavy atom. The van der Waals surface area contributed by atoms with Crippen LogP contribution in [0.3, 0.4) is 0 Å². The van der Waals surface area contributed by atoms with Gasteiger partial charge < -0.3 is 5.32 Å². The van der Waals surface area contributed by atoms with Gasteiger partial charge in [-0.25, -0.2) is 4.39 Å². The van der Waals surface area contributed by atoms with E-state index in [1.807, 2.05) is 18.2 Å². The molecule has 18 heavy (non-hydrogen) atoms. The van der Waals surface area contributed by atoms with E-state index in [1.54, 1.807) is 18.2 Å². The van der Waals surface area contributed by atoms with Crippen molar-refractivity contribution in [2.45, 2.75) is 6.54 Å². The molecule has 2 rings (SSSR count). The molecule has 0 aromatic heterocycles. The van der Waals surface area contributed by atoms with Crippen LogP contribution in [0.2, 0.25) is 0 Å². The SMILES string of the molecule is N#Cc1ccc(NCc2cccc(F)c2Br)cc1. The summed E-state index contributed by atoms with van der Waals surface area (Å²) in [6, 6.07) is 14.1. The minimum atomic E-state index is -0.269. The largest absolute Gasteiger partial charge is 0.381 e. The highest BCUT2D eigenvalue weighted by Crippen LogP contribution is 2.21. The zero-order valence-corrected chi connectivity index (χ0v) is 11.0. The molecule has 0 radical (unpaired) electrons. The molecular weight excluding hydrogens is 295 g/mol. The van der Waals surface area contributed by atoms with Gasteiger partial charge in [0.15, 0.2) is 0 Å². The lowest BCUT2D eigenvalue weighted by molar-refractivity contribution is 0.618. The number of nitrogens with one attached hydrogen (secondary N) is 1. The van der Waals surface area contributed by atoms with Gasteiger partial charge in [0.25, 0.3) is 0 Å². The van der Waals surface area contributed by atoms with Crippen LogP contribution in [0.15, 0.2) is 46.9 Å². The Balaban J connectivity index is 2.07. The van der Waals surface area contributed by atoms with Gasteiger partial charge in [0.1, 0.15) is 5.82 Å². The Bertz CT molecular complexity index is 588. The Labute approximate surface area is 113 Å². The Kier molecular flexibility index (Phi) is 3.96. The molecule has 0 bridgehead atoms. The number of hydrogen-bond donors (Lipinski definition) is 1. The quantitative estimate of drug-likeness (QED) is 0.927. The fourth-order valence-corrected chi connectivity index (χ4v) is 1.95. The van der Waals surface area contributed by atoms with Crippen LogP contribution in [-0.4, -0.2) is 0 Å². The summed E-state index contributed by atoms with van der Waals surface area (Å²) in [5.74, 6) is -0.269. The van der Waals surface area contributed by atoms with E-state index in [1.165, 1.54) is 6.07 Å². The van der Waals surface area contributed by atoms with E-state index in [9.17, 15) is 4.39 Å². The second-order valence-corrected chi connectivity index (χ2v) is 4.55. The molecule has 2 aromatic rings. The van der Waals surface area contributed by atoms with Gasteiger partial charge in [-0.15, -0.1) is 0 Å². The maximum Gasteiger partial charge on any atom is 0.137 e. The Morgan fingerprint density at radius 2 is 1.89 bits per heavy atom. The van der Waals surface area contributed by atoms with Crippen molar-refractivity contribution in [2.24, 2.45) is 0 Å². The summed E-state index contributed by atoms with van der Waals surface area (Å²) in [4.78, 5) is 0. The fraction of sp³-hybridized carbons (Fsp3) is 0.0714. The molecule has 0 unspecified atom stereocenters. The van der Waals surface area contributed by atoms with Crippen molar-refractivity contribution in [1.29, 1.82) is 5.26 Å². The molecule has 0 saturated carbocycles. The predicted octanol–water partition coefficient (Wildman–Crippen LogP) is 4.07. The summed E-state index contributed by atoms with van der Waals surface area (Å²) in [6.07, 6.45) is 0. The number of rotatable bonds is 3. The van der Waals surface area contributed by atoms with Gasteiger partial charge in [-0.2, -0.15) is 5.26 Å². The third kappa shape index (κ3) is 2.88. The van der Waals surface area contributed by atoms with Crippen molar-refractivity contribution >= 4 is 21.6 Å². The third-order valence-electron chi connectivity index (χ3n) is 2.53. The van der Waals surface area contributed by atoms with Crippen LogP contribution < -0.4 is 5.32 Å². The van der Waals surface area contributed by atoms with Gasteiger partial charge in [0, 0.05) is 12.2 Å². The minimum Gasteiger partial charge on any atom is -0.381 e. The smallest absolute Gasteiger partial charge is 0.137 e. The van der Waals surface area contributed by atoms with Gasteiger partial charge in [-0.1, -0.05) is 12.1 Å². The molecule has 0 aliphatic carbocycles. The van der Waals surface area contributed by atoms with Gasteiger partial charge in [0.05, 0.1) is 16.1 Å². The first-order valence-electron chi connectivity index (χ1n) is 5.37. The minimum absolute atomic E-state index is 0.269. The molecule has 0 heterocycles. The highest BCUT2D eigenvalue weighted by atomic mass is 79.9. The van der Waals surface area contributed by atoms with Gasteiger partial charge in [0.2, 0.25) is 0 Å². The first kappa shape index (κ1) is 12.6. The van der Waals surface area contributed by atoms with E-state index >= 15 is 0 Å². The van der Waals surface area contributed by atoms with E-state index in [0.717, 1.165) is 11.3 Å². The molecule has 2 nitrogen and oxygen atoms in total. The molecule has 0 amide bonds. The lowest BCUT2D eigenvalue weighted by atomic mass is 10.2. The van der Waals surface area contributed by atoms with Crippen molar-refractivity contribution in [3.63, 3.8) is 0 Å². The average molecular weight is 305 g/mol. The maximum absolute atomic E-state index is 13.3. The van der Waals surface area contributed by atoms with Crippen molar-refractivity contribution in [2.75, 3.05) is 5.32 Å². The second-order valence-electron chi connectivity index (χ2n) is 3.76. The van der Waals surface area contributed by atoms with Gasteiger partial charge in [-0.3, -0.25) is 0 Å². The van der Waals surface area contributed by atoms with Crippen molar-refractivity contribution < 1.29 is 4.39 Å². The number of benzene rings is 2. The van der Waals surface area contributed by atoms with Gasteiger partial charge >= 0.3 is 0 Å². The molecule has 0 aliphatic rings. The van der Waals surface area contributed by atoms with E-state index < -0.39 is 0 Å². The average Bonchev–Trinajstić information content (AvgIpc) is 2.41. The molecule has 2 aromatic carbocycles. The monoisotopic (exact) mass is 304 g/mol. The van der Waals surface area contributed by atoms with Crippen molar-refractivity contribution in [3.8, 4) is 6.07 Å². The summed E-state index contributed by atoms with van der Waals surface area (Å²) in [7, 11) is 0. The summed E-state index contributed by atoms with van der Waals surface area (Å²) < 4.78 is 13.8.